The van der Waals surface area contributed by atoms with Crippen molar-refractivity contribution in [1.29, 1.82) is 0 Å². The summed E-state index contributed by atoms with van der Waals surface area (Å²) >= 11 is 0. The molecular weight excluding hydrogens is 562 g/mol. The van der Waals surface area contributed by atoms with Gasteiger partial charge >= 0.3 is 0 Å². The number of aromatic nitrogens is 5. The second-order valence-corrected chi connectivity index (χ2v) is 12.4. The Kier molecular flexibility index (Phi) is 5.78. The van der Waals surface area contributed by atoms with Gasteiger partial charge in [0.05, 0.1) is 11.0 Å². The van der Waals surface area contributed by atoms with E-state index in [1.807, 2.05) is 73.1 Å². The monoisotopic (exact) mass is 591 g/mol. The molecule has 0 unspecified atom stereocenters. The Balaban J connectivity index is 1.27. The summed E-state index contributed by atoms with van der Waals surface area (Å²) in [5.74, 6) is 1.94. The van der Waals surface area contributed by atoms with Crippen molar-refractivity contribution in [3.63, 3.8) is 0 Å². The first-order chi connectivity index (χ1) is 22.6. The topological polar surface area (TPSA) is 56.5 Å². The van der Waals surface area contributed by atoms with Gasteiger partial charge in [-0.25, -0.2) is 15.0 Å². The summed E-state index contributed by atoms with van der Waals surface area (Å²) in [5.41, 5.74) is 11.3. The maximum atomic E-state index is 5.00. The van der Waals surface area contributed by atoms with Gasteiger partial charge in [-0.2, -0.15) is 0 Å². The lowest BCUT2D eigenvalue weighted by molar-refractivity contribution is 0.663. The lowest BCUT2D eigenvalue weighted by atomic mass is 9.81. The van der Waals surface area contributed by atoms with Gasteiger partial charge in [-0.3, -0.25) is 4.98 Å². The molecule has 8 aromatic rings. The van der Waals surface area contributed by atoms with E-state index in [-0.39, 0.29) is 5.41 Å². The highest BCUT2D eigenvalue weighted by Crippen LogP contribution is 2.52. The Morgan fingerprint density at radius 3 is 1.89 bits per heavy atom. The van der Waals surface area contributed by atoms with E-state index in [2.05, 4.69) is 90.1 Å². The Morgan fingerprint density at radius 2 is 1.17 bits per heavy atom. The molecule has 218 valence electrons. The normalized spacial score (nSPS) is 13.2. The third kappa shape index (κ3) is 3.95. The van der Waals surface area contributed by atoms with Gasteiger partial charge < -0.3 is 4.57 Å². The molecule has 3 aromatic heterocycles. The molecule has 0 bridgehead atoms. The molecule has 9 rings (SSSR count). The molecular formula is C41H29N5. The number of pyridine rings is 1. The smallest absolute Gasteiger partial charge is 0.164 e. The van der Waals surface area contributed by atoms with Crippen LogP contribution in [0, 0.1) is 0 Å². The van der Waals surface area contributed by atoms with Crippen molar-refractivity contribution in [1.82, 2.24) is 24.5 Å². The summed E-state index contributed by atoms with van der Waals surface area (Å²) < 4.78 is 2.38. The fourth-order valence-corrected chi connectivity index (χ4v) is 7.20. The third-order valence-electron chi connectivity index (χ3n) is 9.31. The molecule has 0 aliphatic heterocycles. The molecule has 0 fully saturated rings. The fraction of sp³-hybridized carbons (Fsp3) is 0.0732. The molecule has 0 N–H and O–H groups in total. The summed E-state index contributed by atoms with van der Waals surface area (Å²) in [6, 6.07) is 44.2. The second-order valence-electron chi connectivity index (χ2n) is 12.4. The summed E-state index contributed by atoms with van der Waals surface area (Å²) in [7, 11) is 0. The van der Waals surface area contributed by atoms with Crippen LogP contribution in [0.25, 0.3) is 72.8 Å². The van der Waals surface area contributed by atoms with Crippen LogP contribution in [-0.2, 0) is 5.41 Å². The molecule has 1 aliphatic carbocycles. The van der Waals surface area contributed by atoms with Crippen LogP contribution < -0.4 is 0 Å². The van der Waals surface area contributed by atoms with Gasteiger partial charge in [-0.1, -0.05) is 111 Å². The van der Waals surface area contributed by atoms with Crippen molar-refractivity contribution in [2.75, 3.05) is 0 Å². The highest BCUT2D eigenvalue weighted by molar-refractivity contribution is 6.14. The molecule has 5 nitrogen and oxygen atoms in total. The average molecular weight is 592 g/mol. The molecule has 0 radical (unpaired) electrons. The van der Waals surface area contributed by atoms with E-state index in [0.29, 0.717) is 17.5 Å². The Hall–Kier alpha value is -5.94. The predicted octanol–water partition coefficient (Wildman–Crippen LogP) is 9.67. The largest absolute Gasteiger partial charge is 0.309 e. The summed E-state index contributed by atoms with van der Waals surface area (Å²) in [5, 5.41) is 2.53. The molecule has 5 heteroatoms. The molecule has 0 saturated carbocycles. The number of fused-ring (bicyclic) bond motifs is 7. The molecule has 5 aromatic carbocycles. The second kappa shape index (κ2) is 10.0. The minimum absolute atomic E-state index is 0.179. The number of rotatable bonds is 4. The summed E-state index contributed by atoms with van der Waals surface area (Å²) in [6.07, 6.45) is 3.93. The van der Waals surface area contributed by atoms with Crippen LogP contribution in [0.4, 0.5) is 0 Å². The van der Waals surface area contributed by atoms with E-state index in [1.165, 1.54) is 44.1 Å². The Labute approximate surface area is 266 Å². The Bertz CT molecular complexity index is 2380. The van der Waals surface area contributed by atoms with Gasteiger partial charge in [0.15, 0.2) is 17.5 Å². The van der Waals surface area contributed by atoms with Crippen LogP contribution in [0.5, 0.6) is 0 Å². The van der Waals surface area contributed by atoms with Crippen LogP contribution in [-0.4, -0.2) is 24.5 Å². The van der Waals surface area contributed by atoms with Crippen molar-refractivity contribution in [2.45, 2.75) is 19.3 Å². The Morgan fingerprint density at radius 1 is 0.543 bits per heavy atom. The van der Waals surface area contributed by atoms with E-state index in [0.717, 1.165) is 22.4 Å². The van der Waals surface area contributed by atoms with Crippen molar-refractivity contribution in [2.24, 2.45) is 0 Å². The van der Waals surface area contributed by atoms with Gasteiger partial charge in [-0.15, -0.1) is 0 Å². The number of nitrogens with zero attached hydrogens (tertiary/aromatic N) is 5. The van der Waals surface area contributed by atoms with Crippen LogP contribution >= 0.6 is 0 Å². The fourth-order valence-electron chi connectivity index (χ4n) is 7.20. The first-order valence-corrected chi connectivity index (χ1v) is 15.6. The van der Waals surface area contributed by atoms with Crippen LogP contribution in [0.1, 0.15) is 25.0 Å². The zero-order valence-electron chi connectivity index (χ0n) is 25.5. The van der Waals surface area contributed by atoms with E-state index in [4.69, 9.17) is 15.0 Å². The van der Waals surface area contributed by atoms with E-state index >= 15 is 0 Å². The molecule has 1 aliphatic rings. The van der Waals surface area contributed by atoms with Crippen molar-refractivity contribution in [3.8, 4) is 51.0 Å². The maximum absolute atomic E-state index is 5.00. The van der Waals surface area contributed by atoms with Gasteiger partial charge in [-0.05, 0) is 52.6 Å². The average Bonchev–Trinajstić information content (AvgIpc) is 3.57. The highest BCUT2D eigenvalue weighted by atomic mass is 15.0. The van der Waals surface area contributed by atoms with E-state index in [1.54, 1.807) is 0 Å². The first kappa shape index (κ1) is 26.5. The summed E-state index contributed by atoms with van der Waals surface area (Å²) in [6.45, 7) is 4.64. The zero-order chi connectivity index (χ0) is 30.8. The van der Waals surface area contributed by atoms with Crippen LogP contribution in [0.3, 0.4) is 0 Å². The first-order valence-electron chi connectivity index (χ1n) is 15.6. The number of para-hydroxylation sites is 1. The van der Waals surface area contributed by atoms with Crippen molar-refractivity contribution >= 4 is 21.8 Å². The van der Waals surface area contributed by atoms with Crippen LogP contribution in [0.15, 0.2) is 140 Å². The molecule has 46 heavy (non-hydrogen) atoms. The number of benzene rings is 5. The predicted molar refractivity (Wildman–Crippen MR) is 186 cm³/mol. The molecule has 3 heterocycles. The molecule has 0 spiro atoms. The lowest BCUT2D eigenvalue weighted by Gasteiger charge is -2.22. The quantitative estimate of drug-likeness (QED) is 0.204. The number of hydrogen-bond donors (Lipinski definition) is 0. The number of hydrogen-bond acceptors (Lipinski definition) is 4. The van der Waals surface area contributed by atoms with Gasteiger partial charge in [0.1, 0.15) is 0 Å². The molecule has 0 atom stereocenters. The third-order valence-corrected chi connectivity index (χ3v) is 9.31. The molecule has 0 amide bonds. The van der Waals surface area contributed by atoms with E-state index < -0.39 is 0 Å². The maximum Gasteiger partial charge on any atom is 0.164 e. The molecule has 0 saturated heterocycles. The summed E-state index contributed by atoms with van der Waals surface area (Å²) in [4.78, 5) is 19.4. The van der Waals surface area contributed by atoms with Crippen LogP contribution in [0.2, 0.25) is 0 Å². The minimum Gasteiger partial charge on any atom is -0.309 e. The van der Waals surface area contributed by atoms with Crippen molar-refractivity contribution < 1.29 is 0 Å². The SMILES string of the molecule is CC1(C)c2cnccc2-c2ccc3c(c21)c1ccccc1n3-c1cccc(-c2nc(-c3ccccc3)nc(-c3ccccc3)n2)c1. The van der Waals surface area contributed by atoms with Gasteiger partial charge in [0.25, 0.3) is 0 Å². The zero-order valence-corrected chi connectivity index (χ0v) is 25.5. The standard InChI is InChI=1S/C41H29N5/c1-41(2)33-25-42-23-22-30(33)31-20-21-35-36(37(31)41)32-18-9-10-19-34(32)46(35)29-17-11-16-28(24-29)40-44-38(26-12-5-3-6-13-26)43-39(45-40)27-14-7-4-8-15-27/h3-25H,1-2H3. The highest BCUT2D eigenvalue weighted by Gasteiger charge is 2.38. The van der Waals surface area contributed by atoms with Gasteiger partial charge in [0, 0.05) is 51.0 Å². The minimum atomic E-state index is -0.179. The van der Waals surface area contributed by atoms with E-state index in [9.17, 15) is 0 Å². The lowest BCUT2D eigenvalue weighted by Crippen LogP contribution is -2.15. The van der Waals surface area contributed by atoms with Gasteiger partial charge in [0.2, 0.25) is 0 Å². The van der Waals surface area contributed by atoms with Crippen molar-refractivity contribution in [3.05, 3.63) is 151 Å².